The van der Waals surface area contributed by atoms with Gasteiger partial charge in [0.25, 0.3) is 11.6 Å². The number of hydrogen-bond acceptors (Lipinski definition) is 3. The van der Waals surface area contributed by atoms with Crippen LogP contribution in [-0.4, -0.2) is 16.4 Å². The third-order valence-electron chi connectivity index (χ3n) is 3.81. The van der Waals surface area contributed by atoms with Crippen LogP contribution in [0.4, 0.5) is 10.1 Å². The average molecular weight is 282 g/mol. The fourth-order valence-electron chi connectivity index (χ4n) is 2.17. The van der Waals surface area contributed by atoms with E-state index >= 15 is 0 Å². The first kappa shape index (κ1) is 16.1. The lowest BCUT2D eigenvalue weighted by molar-refractivity contribution is -0.385. The van der Waals surface area contributed by atoms with E-state index in [2.05, 4.69) is 5.32 Å². The summed E-state index contributed by atoms with van der Waals surface area (Å²) >= 11 is 0. The lowest BCUT2D eigenvalue weighted by Gasteiger charge is -2.31. The number of amides is 1. The van der Waals surface area contributed by atoms with Gasteiger partial charge in [-0.1, -0.05) is 20.8 Å². The normalized spacial score (nSPS) is 11.2. The molecule has 0 bridgehead atoms. The standard InChI is InChI=1S/C14H19FN2O3/c1-4-14(5-2,6-3)16-13(18)11-9-10(15)7-8-12(11)17(19)20/h7-9H,4-6H2,1-3H3,(H,16,18). The molecule has 0 saturated heterocycles. The zero-order valence-corrected chi connectivity index (χ0v) is 11.9. The van der Waals surface area contributed by atoms with Crippen molar-refractivity contribution < 1.29 is 14.1 Å². The van der Waals surface area contributed by atoms with Crippen LogP contribution in [0.5, 0.6) is 0 Å². The van der Waals surface area contributed by atoms with E-state index in [-0.39, 0.29) is 11.3 Å². The van der Waals surface area contributed by atoms with Crippen LogP contribution in [0.1, 0.15) is 50.4 Å². The highest BCUT2D eigenvalue weighted by atomic mass is 19.1. The molecule has 0 atom stereocenters. The maximum absolute atomic E-state index is 13.2. The molecule has 0 aliphatic heterocycles. The quantitative estimate of drug-likeness (QED) is 0.641. The number of rotatable bonds is 6. The second kappa shape index (κ2) is 6.45. The monoisotopic (exact) mass is 282 g/mol. The molecule has 5 nitrogen and oxygen atoms in total. The molecule has 0 radical (unpaired) electrons. The van der Waals surface area contributed by atoms with Gasteiger partial charge in [0.2, 0.25) is 0 Å². The molecule has 1 aromatic carbocycles. The molecule has 20 heavy (non-hydrogen) atoms. The Bertz CT molecular complexity index is 505. The summed E-state index contributed by atoms with van der Waals surface area (Å²) in [6, 6.07) is 2.89. The molecule has 1 N–H and O–H groups in total. The molecule has 0 aromatic heterocycles. The Balaban J connectivity index is 3.15. The van der Waals surface area contributed by atoms with Crippen LogP contribution in [0.25, 0.3) is 0 Å². The van der Waals surface area contributed by atoms with Crippen molar-refractivity contribution in [3.05, 3.63) is 39.7 Å². The van der Waals surface area contributed by atoms with Gasteiger partial charge in [-0.05, 0) is 31.4 Å². The molecule has 0 unspecified atom stereocenters. The molecule has 0 saturated carbocycles. The average Bonchev–Trinajstić information content (AvgIpc) is 2.44. The van der Waals surface area contributed by atoms with Crippen molar-refractivity contribution >= 4 is 11.6 Å². The molecule has 1 amide bonds. The molecule has 0 aliphatic rings. The second-order valence-electron chi connectivity index (χ2n) is 4.71. The Morgan fingerprint density at radius 1 is 1.30 bits per heavy atom. The number of nitro benzene ring substituents is 1. The van der Waals surface area contributed by atoms with Gasteiger partial charge in [0.1, 0.15) is 11.4 Å². The van der Waals surface area contributed by atoms with Crippen molar-refractivity contribution in [2.24, 2.45) is 0 Å². The highest BCUT2D eigenvalue weighted by molar-refractivity contribution is 5.98. The summed E-state index contributed by atoms with van der Waals surface area (Å²) in [6.07, 6.45) is 2.11. The van der Waals surface area contributed by atoms with E-state index in [9.17, 15) is 19.3 Å². The van der Waals surface area contributed by atoms with Gasteiger partial charge < -0.3 is 5.32 Å². The van der Waals surface area contributed by atoms with E-state index in [0.717, 1.165) is 18.2 Å². The molecule has 6 heteroatoms. The Morgan fingerprint density at radius 2 is 1.85 bits per heavy atom. The maximum Gasteiger partial charge on any atom is 0.282 e. The Kier molecular flexibility index (Phi) is 5.19. The summed E-state index contributed by atoms with van der Waals surface area (Å²) in [5, 5.41) is 13.7. The molecule has 1 aromatic rings. The van der Waals surface area contributed by atoms with Gasteiger partial charge in [-0.3, -0.25) is 14.9 Å². The van der Waals surface area contributed by atoms with Crippen LogP contribution >= 0.6 is 0 Å². The number of nitro groups is 1. The maximum atomic E-state index is 13.2. The van der Waals surface area contributed by atoms with Crippen molar-refractivity contribution in [2.45, 2.75) is 45.6 Å². The van der Waals surface area contributed by atoms with Gasteiger partial charge in [-0.15, -0.1) is 0 Å². The highest BCUT2D eigenvalue weighted by Crippen LogP contribution is 2.23. The predicted molar refractivity (Wildman–Crippen MR) is 74.1 cm³/mol. The first-order valence-corrected chi connectivity index (χ1v) is 6.65. The number of carbonyl (C=O) groups excluding carboxylic acids is 1. The van der Waals surface area contributed by atoms with E-state index < -0.39 is 22.2 Å². The van der Waals surface area contributed by atoms with Gasteiger partial charge >= 0.3 is 0 Å². The number of hydrogen-bond donors (Lipinski definition) is 1. The molecule has 110 valence electrons. The fraction of sp³-hybridized carbons (Fsp3) is 0.500. The Labute approximate surface area is 117 Å². The van der Waals surface area contributed by atoms with E-state index in [1.54, 1.807) is 0 Å². The fourth-order valence-corrected chi connectivity index (χ4v) is 2.17. The Hall–Kier alpha value is -1.98. The number of nitrogens with zero attached hydrogens (tertiary/aromatic N) is 1. The minimum absolute atomic E-state index is 0.241. The minimum Gasteiger partial charge on any atom is -0.346 e. The SMILES string of the molecule is CCC(CC)(CC)NC(=O)c1cc(F)ccc1[N+](=O)[O-]. The third kappa shape index (κ3) is 3.31. The van der Waals surface area contributed by atoms with Gasteiger partial charge in [0.05, 0.1) is 4.92 Å². The first-order valence-electron chi connectivity index (χ1n) is 6.65. The number of benzene rings is 1. The zero-order valence-electron chi connectivity index (χ0n) is 11.9. The molecule has 0 heterocycles. The van der Waals surface area contributed by atoms with Gasteiger partial charge in [-0.25, -0.2) is 4.39 Å². The van der Waals surface area contributed by atoms with Crippen molar-refractivity contribution in [1.82, 2.24) is 5.32 Å². The summed E-state index contributed by atoms with van der Waals surface area (Å²) in [7, 11) is 0. The van der Waals surface area contributed by atoms with Crippen LogP contribution in [0.2, 0.25) is 0 Å². The van der Waals surface area contributed by atoms with Crippen molar-refractivity contribution in [2.75, 3.05) is 0 Å². The molecule has 0 spiro atoms. The largest absolute Gasteiger partial charge is 0.346 e. The van der Waals surface area contributed by atoms with Gasteiger partial charge in [0, 0.05) is 11.6 Å². The van der Waals surface area contributed by atoms with Crippen LogP contribution < -0.4 is 5.32 Å². The summed E-state index contributed by atoms with van der Waals surface area (Å²) in [6.45, 7) is 5.81. The van der Waals surface area contributed by atoms with Crippen molar-refractivity contribution in [1.29, 1.82) is 0 Å². The first-order chi connectivity index (χ1) is 9.39. The summed E-state index contributed by atoms with van der Waals surface area (Å²) in [4.78, 5) is 22.5. The second-order valence-corrected chi connectivity index (χ2v) is 4.71. The van der Waals surface area contributed by atoms with E-state index in [1.165, 1.54) is 0 Å². The van der Waals surface area contributed by atoms with E-state index in [4.69, 9.17) is 0 Å². The number of carbonyl (C=O) groups is 1. The van der Waals surface area contributed by atoms with Crippen LogP contribution in [0, 0.1) is 15.9 Å². The summed E-state index contributed by atoms with van der Waals surface area (Å²) in [5.74, 6) is -1.28. The van der Waals surface area contributed by atoms with Crippen molar-refractivity contribution in [3.63, 3.8) is 0 Å². The number of nitrogens with one attached hydrogen (secondary N) is 1. The minimum atomic E-state index is -0.681. The molecule has 0 aliphatic carbocycles. The predicted octanol–water partition coefficient (Wildman–Crippen LogP) is 3.43. The lowest BCUT2D eigenvalue weighted by atomic mass is 9.89. The van der Waals surface area contributed by atoms with E-state index in [1.807, 2.05) is 20.8 Å². The van der Waals surface area contributed by atoms with Gasteiger partial charge in [-0.2, -0.15) is 0 Å². The van der Waals surface area contributed by atoms with Crippen molar-refractivity contribution in [3.8, 4) is 0 Å². The third-order valence-corrected chi connectivity index (χ3v) is 3.81. The molecule has 1 rings (SSSR count). The van der Waals surface area contributed by atoms with Crippen LogP contribution in [0.3, 0.4) is 0 Å². The summed E-state index contributed by atoms with van der Waals surface area (Å²) < 4.78 is 13.2. The molecular weight excluding hydrogens is 263 g/mol. The highest BCUT2D eigenvalue weighted by Gasteiger charge is 2.29. The summed E-state index contributed by atoms with van der Waals surface area (Å²) in [5.41, 5.74) is -1.05. The van der Waals surface area contributed by atoms with Crippen LogP contribution in [-0.2, 0) is 0 Å². The Morgan fingerprint density at radius 3 is 2.30 bits per heavy atom. The lowest BCUT2D eigenvalue weighted by Crippen LogP contribution is -2.47. The topological polar surface area (TPSA) is 72.2 Å². The molecule has 0 fully saturated rings. The van der Waals surface area contributed by atoms with E-state index in [0.29, 0.717) is 19.3 Å². The van der Waals surface area contributed by atoms with Gasteiger partial charge in [0.15, 0.2) is 0 Å². The number of halogens is 1. The van der Waals surface area contributed by atoms with Crippen LogP contribution in [0.15, 0.2) is 18.2 Å². The zero-order chi connectivity index (χ0) is 15.3. The molecular formula is C14H19FN2O3. The smallest absolute Gasteiger partial charge is 0.282 e.